The molecule has 0 aliphatic heterocycles. The molecular formula is C12H13N5. The third-order valence-electron chi connectivity index (χ3n) is 2.83. The number of aryl methyl sites for hydroxylation is 1. The van der Waals surface area contributed by atoms with Gasteiger partial charge in [0, 0.05) is 0 Å². The Balaban J connectivity index is 2.07. The van der Waals surface area contributed by atoms with Crippen LogP contribution in [-0.2, 0) is 6.54 Å². The summed E-state index contributed by atoms with van der Waals surface area (Å²) in [5, 5.41) is 12.4. The molecule has 1 aromatic carbocycles. The molecule has 2 heterocycles. The maximum Gasteiger partial charge on any atom is 0.182 e. The van der Waals surface area contributed by atoms with Gasteiger partial charge in [0.15, 0.2) is 5.65 Å². The summed E-state index contributed by atoms with van der Waals surface area (Å²) in [5.74, 6) is 0.580. The predicted octanol–water partition coefficient (Wildman–Crippen LogP) is 1.70. The number of nitrogens with one attached hydrogen (secondary N) is 1. The van der Waals surface area contributed by atoms with E-state index in [0.717, 1.165) is 16.7 Å². The Morgan fingerprint density at radius 2 is 2.06 bits per heavy atom. The Labute approximate surface area is 98.2 Å². The summed E-state index contributed by atoms with van der Waals surface area (Å²) >= 11 is 0. The van der Waals surface area contributed by atoms with Gasteiger partial charge in [-0.1, -0.05) is 30.3 Å². The zero-order valence-corrected chi connectivity index (χ0v) is 9.51. The van der Waals surface area contributed by atoms with E-state index in [0.29, 0.717) is 12.4 Å². The van der Waals surface area contributed by atoms with E-state index in [1.165, 1.54) is 5.56 Å². The maximum atomic E-state index is 5.81. The van der Waals surface area contributed by atoms with Crippen LogP contribution in [0, 0.1) is 6.92 Å². The van der Waals surface area contributed by atoms with Gasteiger partial charge in [-0.15, -0.1) is 0 Å². The van der Waals surface area contributed by atoms with Crippen LogP contribution in [0.5, 0.6) is 0 Å². The SMILES string of the molecule is Cc1nn(Cc2ccccc2)c2n[nH]c(N)c12. The molecule has 5 heteroatoms. The third-order valence-corrected chi connectivity index (χ3v) is 2.83. The normalized spacial score (nSPS) is 11.1. The number of rotatable bonds is 2. The standard InChI is InChI=1S/C12H13N5/c1-8-10-11(13)14-15-12(10)17(16-8)7-9-5-3-2-4-6-9/h2-6H,7H2,1H3,(H3,13,14,15). The van der Waals surface area contributed by atoms with E-state index in [-0.39, 0.29) is 0 Å². The Morgan fingerprint density at radius 1 is 1.29 bits per heavy atom. The van der Waals surface area contributed by atoms with Gasteiger partial charge < -0.3 is 5.73 Å². The van der Waals surface area contributed by atoms with Crippen molar-refractivity contribution in [3.8, 4) is 0 Å². The lowest BCUT2D eigenvalue weighted by atomic mass is 10.2. The highest BCUT2D eigenvalue weighted by Gasteiger charge is 2.13. The summed E-state index contributed by atoms with van der Waals surface area (Å²) in [6.07, 6.45) is 0. The van der Waals surface area contributed by atoms with Crippen LogP contribution in [0.1, 0.15) is 11.3 Å². The highest BCUT2D eigenvalue weighted by atomic mass is 15.3. The predicted molar refractivity (Wildman–Crippen MR) is 66.6 cm³/mol. The smallest absolute Gasteiger partial charge is 0.182 e. The summed E-state index contributed by atoms with van der Waals surface area (Å²) in [4.78, 5) is 0. The summed E-state index contributed by atoms with van der Waals surface area (Å²) in [6, 6.07) is 10.2. The lowest BCUT2D eigenvalue weighted by Crippen LogP contribution is -2.02. The molecule has 0 unspecified atom stereocenters. The van der Waals surface area contributed by atoms with Crippen molar-refractivity contribution < 1.29 is 0 Å². The fourth-order valence-corrected chi connectivity index (χ4v) is 2.03. The molecule has 5 nitrogen and oxygen atoms in total. The van der Waals surface area contributed by atoms with Gasteiger partial charge in [-0.05, 0) is 12.5 Å². The Kier molecular flexibility index (Phi) is 2.11. The van der Waals surface area contributed by atoms with E-state index in [1.54, 1.807) is 0 Å². The average Bonchev–Trinajstić information content (AvgIpc) is 2.84. The fourth-order valence-electron chi connectivity index (χ4n) is 2.03. The second kappa shape index (κ2) is 3.62. The van der Waals surface area contributed by atoms with Crippen molar-refractivity contribution in [2.45, 2.75) is 13.5 Å². The molecule has 0 spiro atoms. The molecule has 0 bridgehead atoms. The van der Waals surface area contributed by atoms with E-state index in [4.69, 9.17) is 5.73 Å². The minimum absolute atomic E-state index is 0.580. The first-order chi connectivity index (χ1) is 8.25. The molecule has 0 aliphatic rings. The molecule has 3 N–H and O–H groups in total. The van der Waals surface area contributed by atoms with Gasteiger partial charge in [0.1, 0.15) is 5.82 Å². The van der Waals surface area contributed by atoms with E-state index in [2.05, 4.69) is 27.4 Å². The first-order valence-corrected chi connectivity index (χ1v) is 5.46. The molecule has 0 saturated carbocycles. The van der Waals surface area contributed by atoms with Gasteiger partial charge in [-0.25, -0.2) is 4.68 Å². The number of nitrogens with two attached hydrogens (primary N) is 1. The molecule has 0 saturated heterocycles. The molecule has 0 amide bonds. The zero-order chi connectivity index (χ0) is 11.8. The highest BCUT2D eigenvalue weighted by Crippen LogP contribution is 2.21. The highest BCUT2D eigenvalue weighted by molar-refractivity contribution is 5.88. The number of H-pyrrole nitrogens is 1. The summed E-state index contributed by atoms with van der Waals surface area (Å²) in [7, 11) is 0. The van der Waals surface area contributed by atoms with Gasteiger partial charge in [0.2, 0.25) is 0 Å². The van der Waals surface area contributed by atoms with Gasteiger partial charge in [-0.2, -0.15) is 10.2 Å². The van der Waals surface area contributed by atoms with Crippen LogP contribution >= 0.6 is 0 Å². The first kappa shape index (κ1) is 9.89. The molecule has 0 atom stereocenters. The maximum absolute atomic E-state index is 5.81. The largest absolute Gasteiger partial charge is 0.383 e. The van der Waals surface area contributed by atoms with Crippen LogP contribution < -0.4 is 5.73 Å². The van der Waals surface area contributed by atoms with E-state index in [1.807, 2.05) is 29.8 Å². The van der Waals surface area contributed by atoms with Crippen LogP contribution in [0.25, 0.3) is 11.0 Å². The van der Waals surface area contributed by atoms with E-state index >= 15 is 0 Å². The number of benzene rings is 1. The zero-order valence-electron chi connectivity index (χ0n) is 9.51. The molecule has 17 heavy (non-hydrogen) atoms. The second-order valence-electron chi connectivity index (χ2n) is 4.06. The molecule has 3 rings (SSSR count). The average molecular weight is 227 g/mol. The number of fused-ring (bicyclic) bond motifs is 1. The Morgan fingerprint density at radius 3 is 2.82 bits per heavy atom. The van der Waals surface area contributed by atoms with E-state index in [9.17, 15) is 0 Å². The van der Waals surface area contributed by atoms with Crippen LogP contribution in [0.15, 0.2) is 30.3 Å². The van der Waals surface area contributed by atoms with Gasteiger partial charge in [-0.3, -0.25) is 5.10 Å². The van der Waals surface area contributed by atoms with Crippen LogP contribution in [0.2, 0.25) is 0 Å². The van der Waals surface area contributed by atoms with Crippen molar-refractivity contribution in [2.24, 2.45) is 0 Å². The summed E-state index contributed by atoms with van der Waals surface area (Å²) in [6.45, 7) is 2.64. The van der Waals surface area contributed by atoms with Gasteiger partial charge >= 0.3 is 0 Å². The fraction of sp³-hybridized carbons (Fsp3) is 0.167. The van der Waals surface area contributed by atoms with E-state index < -0.39 is 0 Å². The molecule has 0 fully saturated rings. The Bertz CT molecular complexity index is 650. The van der Waals surface area contributed by atoms with Gasteiger partial charge in [0.25, 0.3) is 0 Å². The van der Waals surface area contributed by atoms with Crippen LogP contribution in [0.4, 0.5) is 5.82 Å². The second-order valence-corrected chi connectivity index (χ2v) is 4.06. The molecular weight excluding hydrogens is 214 g/mol. The van der Waals surface area contributed by atoms with Crippen molar-refractivity contribution in [3.05, 3.63) is 41.6 Å². The van der Waals surface area contributed by atoms with Crippen molar-refractivity contribution >= 4 is 16.9 Å². The number of nitrogen functional groups attached to an aromatic ring is 1. The van der Waals surface area contributed by atoms with Crippen molar-refractivity contribution in [2.75, 3.05) is 5.73 Å². The van der Waals surface area contributed by atoms with Gasteiger partial charge in [0.05, 0.1) is 17.6 Å². The monoisotopic (exact) mass is 227 g/mol. The number of aromatic nitrogens is 4. The molecule has 0 radical (unpaired) electrons. The summed E-state index contributed by atoms with van der Waals surface area (Å²) in [5.41, 5.74) is 8.72. The Hall–Kier alpha value is -2.30. The number of nitrogens with zero attached hydrogens (tertiary/aromatic N) is 3. The van der Waals surface area contributed by atoms with Crippen LogP contribution in [0.3, 0.4) is 0 Å². The number of hydrogen-bond acceptors (Lipinski definition) is 3. The lowest BCUT2D eigenvalue weighted by molar-refractivity contribution is 0.692. The minimum Gasteiger partial charge on any atom is -0.383 e. The number of anilines is 1. The van der Waals surface area contributed by atoms with Crippen molar-refractivity contribution in [3.63, 3.8) is 0 Å². The lowest BCUT2D eigenvalue weighted by Gasteiger charge is -2.01. The quantitative estimate of drug-likeness (QED) is 0.699. The minimum atomic E-state index is 0.580. The van der Waals surface area contributed by atoms with Crippen molar-refractivity contribution in [1.29, 1.82) is 0 Å². The topological polar surface area (TPSA) is 72.5 Å². The molecule has 2 aromatic heterocycles. The summed E-state index contributed by atoms with van der Waals surface area (Å²) < 4.78 is 1.87. The number of aromatic amines is 1. The molecule has 0 aliphatic carbocycles. The molecule has 86 valence electrons. The number of hydrogen-bond donors (Lipinski definition) is 2. The van der Waals surface area contributed by atoms with Crippen LogP contribution in [-0.4, -0.2) is 20.0 Å². The first-order valence-electron chi connectivity index (χ1n) is 5.46. The van der Waals surface area contributed by atoms with Crippen molar-refractivity contribution in [1.82, 2.24) is 20.0 Å². The third kappa shape index (κ3) is 1.56. The molecule has 3 aromatic rings.